The third kappa shape index (κ3) is 4.57. The van der Waals surface area contributed by atoms with Crippen molar-refractivity contribution in [2.45, 2.75) is 30.3 Å². The molecule has 1 aliphatic rings. The van der Waals surface area contributed by atoms with Gasteiger partial charge in [-0.3, -0.25) is 14.8 Å². The van der Waals surface area contributed by atoms with E-state index in [0.29, 0.717) is 31.5 Å². The number of aryl methyl sites for hydroxylation is 1. The van der Waals surface area contributed by atoms with Gasteiger partial charge in [0.25, 0.3) is 5.91 Å². The van der Waals surface area contributed by atoms with Crippen LogP contribution in [0, 0.1) is 6.92 Å². The van der Waals surface area contributed by atoms with Crippen LogP contribution in [0.2, 0.25) is 0 Å². The second-order valence-electron chi connectivity index (χ2n) is 8.12. The fraction of sp³-hybridized carbons (Fsp3) is 0.250. The van der Waals surface area contributed by atoms with Gasteiger partial charge < -0.3 is 14.7 Å². The molecule has 3 heterocycles. The molecule has 0 saturated carbocycles. The lowest BCUT2D eigenvalue weighted by molar-refractivity contribution is -0.0183. The zero-order valence-electron chi connectivity index (χ0n) is 18.1. The Morgan fingerprint density at radius 2 is 1.88 bits per heavy atom. The molecule has 4 aromatic rings. The normalized spacial score (nSPS) is 15.5. The molecule has 0 spiro atoms. The summed E-state index contributed by atoms with van der Waals surface area (Å²) in [5, 5.41) is 11.0. The lowest BCUT2D eigenvalue weighted by Crippen LogP contribution is -2.44. The maximum Gasteiger partial charge on any atom is 0.253 e. The van der Waals surface area contributed by atoms with Crippen LogP contribution in [0.3, 0.4) is 0 Å². The Balaban J connectivity index is 1.20. The predicted octanol–water partition coefficient (Wildman–Crippen LogP) is 4.64. The van der Waals surface area contributed by atoms with E-state index in [2.05, 4.69) is 19.1 Å². The topological polar surface area (TPSA) is 91.2 Å². The molecule has 0 aliphatic carbocycles. The number of aromatic nitrogens is 3. The van der Waals surface area contributed by atoms with Crippen LogP contribution >= 0.6 is 23.5 Å². The van der Waals surface area contributed by atoms with Crippen molar-refractivity contribution < 1.29 is 9.90 Å². The second-order valence-corrected chi connectivity index (χ2v) is 9.77. The molecule has 2 N–H and O–H groups in total. The fourth-order valence-corrected chi connectivity index (χ4v) is 5.59. The van der Waals surface area contributed by atoms with E-state index in [-0.39, 0.29) is 5.91 Å². The number of likely N-dealkylation sites (tertiary alicyclic amines) is 1. The molecule has 168 valence electrons. The minimum absolute atomic E-state index is 0.0129. The third-order valence-electron chi connectivity index (χ3n) is 5.84. The highest BCUT2D eigenvalue weighted by atomic mass is 32.2. The van der Waals surface area contributed by atoms with Crippen molar-refractivity contribution in [3.05, 3.63) is 77.1 Å². The molecule has 1 saturated heterocycles. The van der Waals surface area contributed by atoms with E-state index in [4.69, 9.17) is 0 Å². The van der Waals surface area contributed by atoms with E-state index in [9.17, 15) is 9.90 Å². The van der Waals surface area contributed by atoms with Gasteiger partial charge in [-0.1, -0.05) is 6.07 Å². The maximum absolute atomic E-state index is 13.0. The van der Waals surface area contributed by atoms with E-state index in [1.54, 1.807) is 12.4 Å². The standard InChI is InChI=1S/C24H23N5O2S2/c1-16-15-21(33-27-16)24(31)9-13-29(14-10-24)23(30)17-5-7-18(8-6-17)28-32-20-4-2-3-19-22(20)26-12-11-25-19/h2-8,11-12,15,28,31H,9-10,13-14H2,1H3. The first kappa shape index (κ1) is 21.8. The summed E-state index contributed by atoms with van der Waals surface area (Å²) >= 11 is 2.81. The Labute approximate surface area is 200 Å². The van der Waals surface area contributed by atoms with E-state index in [1.807, 2.05) is 60.4 Å². The summed E-state index contributed by atoms with van der Waals surface area (Å²) < 4.78 is 7.60. The van der Waals surface area contributed by atoms with Crippen molar-refractivity contribution in [1.82, 2.24) is 19.2 Å². The van der Waals surface area contributed by atoms with Crippen molar-refractivity contribution in [2.75, 3.05) is 17.8 Å². The minimum Gasteiger partial charge on any atom is -0.384 e. The van der Waals surface area contributed by atoms with Crippen LogP contribution in [0.5, 0.6) is 0 Å². The Hall–Kier alpha value is -3.01. The van der Waals surface area contributed by atoms with Gasteiger partial charge in [-0.15, -0.1) is 0 Å². The molecule has 7 nitrogen and oxygen atoms in total. The van der Waals surface area contributed by atoms with Crippen molar-refractivity contribution in [3.63, 3.8) is 0 Å². The lowest BCUT2D eigenvalue weighted by atomic mass is 9.89. The first-order chi connectivity index (χ1) is 16.0. The average molecular weight is 478 g/mol. The van der Waals surface area contributed by atoms with Gasteiger partial charge >= 0.3 is 0 Å². The van der Waals surface area contributed by atoms with Crippen LogP contribution in [-0.2, 0) is 5.60 Å². The van der Waals surface area contributed by atoms with Gasteiger partial charge in [0.15, 0.2) is 0 Å². The Bertz CT molecular complexity index is 1280. The second kappa shape index (κ2) is 9.09. The summed E-state index contributed by atoms with van der Waals surface area (Å²) in [6.45, 7) is 2.96. The molecule has 9 heteroatoms. The highest BCUT2D eigenvalue weighted by Crippen LogP contribution is 2.36. The van der Waals surface area contributed by atoms with E-state index in [1.165, 1.54) is 23.5 Å². The predicted molar refractivity (Wildman–Crippen MR) is 131 cm³/mol. The Kier molecular flexibility index (Phi) is 6.01. The average Bonchev–Trinajstić information content (AvgIpc) is 3.30. The molecule has 1 amide bonds. The van der Waals surface area contributed by atoms with Gasteiger partial charge in [-0.2, -0.15) is 4.37 Å². The zero-order chi connectivity index (χ0) is 22.8. The lowest BCUT2D eigenvalue weighted by Gasteiger charge is -2.37. The van der Waals surface area contributed by atoms with E-state index >= 15 is 0 Å². The van der Waals surface area contributed by atoms with Crippen molar-refractivity contribution in [3.8, 4) is 0 Å². The zero-order valence-corrected chi connectivity index (χ0v) is 19.7. The number of carbonyl (C=O) groups is 1. The fourth-order valence-electron chi connectivity index (χ4n) is 3.93. The molecule has 5 rings (SSSR count). The number of fused-ring (bicyclic) bond motifs is 1. The molecule has 33 heavy (non-hydrogen) atoms. The van der Waals surface area contributed by atoms with Gasteiger partial charge in [-0.25, -0.2) is 0 Å². The summed E-state index contributed by atoms with van der Waals surface area (Å²) in [5.41, 5.74) is 3.26. The molecular weight excluding hydrogens is 454 g/mol. The van der Waals surface area contributed by atoms with Gasteiger partial charge in [0, 0.05) is 36.7 Å². The number of hydrogen-bond acceptors (Lipinski definition) is 8. The third-order valence-corrected chi connectivity index (χ3v) is 7.80. The SMILES string of the molecule is Cc1cc(C2(O)CCN(C(=O)c3ccc(NSc4cccc5nccnc45)cc3)CC2)sn1. The monoisotopic (exact) mass is 477 g/mol. The minimum atomic E-state index is -0.889. The largest absolute Gasteiger partial charge is 0.384 e. The molecule has 1 fully saturated rings. The molecule has 2 aromatic heterocycles. The van der Waals surface area contributed by atoms with Crippen LogP contribution in [0.15, 0.2) is 65.8 Å². The van der Waals surface area contributed by atoms with Crippen molar-refractivity contribution in [1.29, 1.82) is 0 Å². The molecular formula is C24H23N5O2S2. The number of rotatable bonds is 5. The summed E-state index contributed by atoms with van der Waals surface area (Å²) in [6.07, 6.45) is 4.41. The number of piperidine rings is 1. The van der Waals surface area contributed by atoms with Crippen molar-refractivity contribution >= 4 is 46.1 Å². The molecule has 1 aliphatic heterocycles. The number of hydrogen-bond donors (Lipinski definition) is 2. The summed E-state index contributed by atoms with van der Waals surface area (Å²) in [4.78, 5) is 25.4. The van der Waals surface area contributed by atoms with Gasteiger partial charge in [0.05, 0.1) is 21.0 Å². The number of carbonyl (C=O) groups excluding carboxylic acids is 1. The van der Waals surface area contributed by atoms with Crippen LogP contribution < -0.4 is 4.72 Å². The first-order valence-electron chi connectivity index (χ1n) is 10.7. The maximum atomic E-state index is 13.0. The van der Waals surface area contributed by atoms with Crippen LogP contribution in [0.25, 0.3) is 11.0 Å². The van der Waals surface area contributed by atoms with Crippen LogP contribution in [0.1, 0.15) is 33.8 Å². The molecule has 0 radical (unpaired) electrons. The Morgan fingerprint density at radius 3 is 2.61 bits per heavy atom. The number of aliphatic hydroxyl groups is 1. The summed E-state index contributed by atoms with van der Waals surface area (Å²) in [7, 11) is 0. The molecule has 0 unspecified atom stereocenters. The quantitative estimate of drug-likeness (QED) is 0.405. The molecule has 0 atom stereocenters. The van der Waals surface area contributed by atoms with Crippen LogP contribution in [0.4, 0.5) is 5.69 Å². The molecule has 2 aromatic carbocycles. The summed E-state index contributed by atoms with van der Waals surface area (Å²) in [5.74, 6) is -0.0129. The number of nitrogens with one attached hydrogen (secondary N) is 1. The van der Waals surface area contributed by atoms with E-state index in [0.717, 1.165) is 32.2 Å². The van der Waals surface area contributed by atoms with E-state index < -0.39 is 5.60 Å². The highest BCUT2D eigenvalue weighted by Gasteiger charge is 2.37. The molecule has 0 bridgehead atoms. The number of amides is 1. The van der Waals surface area contributed by atoms with Gasteiger partial charge in [-0.05, 0) is 85.7 Å². The highest BCUT2D eigenvalue weighted by molar-refractivity contribution is 8.00. The van der Waals surface area contributed by atoms with Crippen molar-refractivity contribution in [2.24, 2.45) is 0 Å². The number of para-hydroxylation sites is 1. The number of nitrogens with zero attached hydrogens (tertiary/aromatic N) is 4. The number of benzene rings is 2. The van der Waals surface area contributed by atoms with Gasteiger partial charge in [0.1, 0.15) is 11.1 Å². The summed E-state index contributed by atoms with van der Waals surface area (Å²) in [6, 6.07) is 15.3. The first-order valence-corrected chi connectivity index (χ1v) is 12.3. The van der Waals surface area contributed by atoms with Crippen LogP contribution in [-0.4, -0.2) is 43.3 Å². The number of anilines is 1. The Morgan fingerprint density at radius 1 is 1.12 bits per heavy atom. The smallest absolute Gasteiger partial charge is 0.253 e. The van der Waals surface area contributed by atoms with Gasteiger partial charge in [0.2, 0.25) is 0 Å².